The standard InChI is InChI=1S/C26H25N3O2S/c1-16-9-12-20(13-10-16)27-24(30)19(4)32-26-28-23-8-6-5-7-22(23)25(31)29(26)21-14-11-17(2)18(3)15-21/h5-15,19H,1-4H3,(H,27,30). The van der Waals surface area contributed by atoms with Crippen molar-refractivity contribution >= 4 is 34.3 Å². The van der Waals surface area contributed by atoms with E-state index in [0.29, 0.717) is 16.1 Å². The molecule has 0 spiro atoms. The zero-order chi connectivity index (χ0) is 22.8. The molecule has 0 fully saturated rings. The Morgan fingerprint density at radius 3 is 2.41 bits per heavy atom. The number of para-hydroxylation sites is 1. The molecule has 6 heteroatoms. The molecule has 1 amide bonds. The van der Waals surface area contributed by atoms with Gasteiger partial charge in [0.25, 0.3) is 5.56 Å². The zero-order valence-electron chi connectivity index (χ0n) is 18.5. The molecule has 0 radical (unpaired) electrons. The van der Waals surface area contributed by atoms with Crippen LogP contribution in [0.1, 0.15) is 23.6 Å². The highest BCUT2D eigenvalue weighted by molar-refractivity contribution is 8.00. The molecule has 4 rings (SSSR count). The third kappa shape index (κ3) is 4.46. The van der Waals surface area contributed by atoms with Gasteiger partial charge in [0.05, 0.1) is 21.8 Å². The summed E-state index contributed by atoms with van der Waals surface area (Å²) in [6.45, 7) is 7.87. The van der Waals surface area contributed by atoms with Gasteiger partial charge in [-0.25, -0.2) is 4.98 Å². The number of rotatable bonds is 5. The van der Waals surface area contributed by atoms with Gasteiger partial charge < -0.3 is 5.32 Å². The summed E-state index contributed by atoms with van der Waals surface area (Å²) in [5, 5.41) is 3.52. The van der Waals surface area contributed by atoms with Crippen LogP contribution in [0, 0.1) is 20.8 Å². The van der Waals surface area contributed by atoms with Crippen LogP contribution in [0.2, 0.25) is 0 Å². The van der Waals surface area contributed by atoms with Crippen molar-refractivity contribution < 1.29 is 4.79 Å². The van der Waals surface area contributed by atoms with Gasteiger partial charge in [0.15, 0.2) is 5.16 Å². The Bertz CT molecular complexity index is 1360. The molecule has 1 heterocycles. The van der Waals surface area contributed by atoms with Crippen molar-refractivity contribution in [3.63, 3.8) is 0 Å². The van der Waals surface area contributed by atoms with E-state index in [9.17, 15) is 9.59 Å². The van der Waals surface area contributed by atoms with E-state index >= 15 is 0 Å². The summed E-state index contributed by atoms with van der Waals surface area (Å²) >= 11 is 1.27. The maximum Gasteiger partial charge on any atom is 0.266 e. The number of hydrogen-bond donors (Lipinski definition) is 1. The van der Waals surface area contributed by atoms with Gasteiger partial charge in [-0.05, 0) is 75.2 Å². The molecule has 0 aliphatic carbocycles. The molecule has 4 aromatic rings. The van der Waals surface area contributed by atoms with Crippen molar-refractivity contribution in [1.29, 1.82) is 0 Å². The minimum absolute atomic E-state index is 0.145. The molecule has 0 aliphatic rings. The number of nitrogens with one attached hydrogen (secondary N) is 1. The van der Waals surface area contributed by atoms with Crippen LogP contribution in [0.3, 0.4) is 0 Å². The molecule has 1 aromatic heterocycles. The minimum atomic E-state index is -0.456. The lowest BCUT2D eigenvalue weighted by molar-refractivity contribution is -0.115. The van der Waals surface area contributed by atoms with Gasteiger partial charge in [-0.3, -0.25) is 14.2 Å². The Morgan fingerprint density at radius 1 is 0.969 bits per heavy atom. The lowest BCUT2D eigenvalue weighted by Gasteiger charge is -2.17. The fourth-order valence-electron chi connectivity index (χ4n) is 3.38. The van der Waals surface area contributed by atoms with E-state index in [2.05, 4.69) is 5.32 Å². The number of aryl methyl sites for hydroxylation is 3. The molecule has 5 nitrogen and oxygen atoms in total. The Morgan fingerprint density at radius 2 is 1.69 bits per heavy atom. The maximum absolute atomic E-state index is 13.4. The summed E-state index contributed by atoms with van der Waals surface area (Å²) in [5.74, 6) is -0.145. The van der Waals surface area contributed by atoms with Crippen LogP contribution in [-0.4, -0.2) is 20.7 Å². The number of hydrogen-bond acceptors (Lipinski definition) is 4. The average molecular weight is 444 g/mol. The lowest BCUT2D eigenvalue weighted by atomic mass is 10.1. The summed E-state index contributed by atoms with van der Waals surface area (Å²) in [6.07, 6.45) is 0. The number of anilines is 1. The molecule has 0 bridgehead atoms. The van der Waals surface area contributed by atoms with Crippen LogP contribution in [0.15, 0.2) is 76.7 Å². The highest BCUT2D eigenvalue weighted by atomic mass is 32.2. The van der Waals surface area contributed by atoms with E-state index in [-0.39, 0.29) is 11.5 Å². The Balaban J connectivity index is 1.73. The minimum Gasteiger partial charge on any atom is -0.325 e. The first kappa shape index (κ1) is 21.8. The van der Waals surface area contributed by atoms with E-state index in [0.717, 1.165) is 28.1 Å². The van der Waals surface area contributed by atoms with E-state index in [1.54, 1.807) is 10.6 Å². The fourth-order valence-corrected chi connectivity index (χ4v) is 4.30. The molecule has 1 N–H and O–H groups in total. The van der Waals surface area contributed by atoms with Gasteiger partial charge in [-0.1, -0.05) is 47.7 Å². The normalized spacial score (nSPS) is 12.0. The molecular weight excluding hydrogens is 418 g/mol. The van der Waals surface area contributed by atoms with Crippen LogP contribution < -0.4 is 10.9 Å². The van der Waals surface area contributed by atoms with Gasteiger partial charge in [0.2, 0.25) is 5.91 Å². The number of benzene rings is 3. The number of amides is 1. The quantitative estimate of drug-likeness (QED) is 0.330. The van der Waals surface area contributed by atoms with Crippen molar-refractivity contribution in [3.8, 4) is 5.69 Å². The molecule has 0 aliphatic heterocycles. The van der Waals surface area contributed by atoms with Crippen LogP contribution in [0.4, 0.5) is 5.69 Å². The predicted molar refractivity (Wildman–Crippen MR) is 132 cm³/mol. The first-order chi connectivity index (χ1) is 15.3. The lowest BCUT2D eigenvalue weighted by Crippen LogP contribution is -2.26. The first-order valence-electron chi connectivity index (χ1n) is 10.5. The number of thioether (sulfide) groups is 1. The Kier molecular flexibility index (Phi) is 6.15. The molecule has 1 unspecified atom stereocenters. The summed E-state index contributed by atoms with van der Waals surface area (Å²) < 4.78 is 1.61. The van der Waals surface area contributed by atoms with Crippen molar-refractivity contribution in [1.82, 2.24) is 9.55 Å². The number of aromatic nitrogens is 2. The molecule has 162 valence electrons. The van der Waals surface area contributed by atoms with Crippen molar-refractivity contribution in [3.05, 3.63) is 93.8 Å². The maximum atomic E-state index is 13.4. The largest absolute Gasteiger partial charge is 0.325 e. The predicted octanol–water partition coefficient (Wildman–Crippen LogP) is 5.43. The zero-order valence-corrected chi connectivity index (χ0v) is 19.4. The number of carbonyl (C=O) groups is 1. The van der Waals surface area contributed by atoms with Crippen LogP contribution >= 0.6 is 11.8 Å². The molecule has 32 heavy (non-hydrogen) atoms. The highest BCUT2D eigenvalue weighted by Crippen LogP contribution is 2.26. The van der Waals surface area contributed by atoms with Gasteiger partial charge in [-0.15, -0.1) is 0 Å². The summed E-state index contributed by atoms with van der Waals surface area (Å²) in [7, 11) is 0. The molecule has 1 atom stereocenters. The first-order valence-corrected chi connectivity index (χ1v) is 11.3. The second-order valence-corrected chi connectivity index (χ2v) is 9.24. The highest BCUT2D eigenvalue weighted by Gasteiger charge is 2.20. The third-order valence-electron chi connectivity index (χ3n) is 5.46. The van der Waals surface area contributed by atoms with Crippen LogP contribution in [0.5, 0.6) is 0 Å². The van der Waals surface area contributed by atoms with Gasteiger partial charge in [0.1, 0.15) is 0 Å². The van der Waals surface area contributed by atoms with Gasteiger partial charge >= 0.3 is 0 Å². The summed E-state index contributed by atoms with van der Waals surface area (Å²) in [6, 6.07) is 20.9. The number of nitrogens with zero attached hydrogens (tertiary/aromatic N) is 2. The van der Waals surface area contributed by atoms with Crippen molar-refractivity contribution in [2.45, 2.75) is 38.1 Å². The van der Waals surface area contributed by atoms with E-state index in [1.807, 2.05) is 88.4 Å². The van der Waals surface area contributed by atoms with Crippen LogP contribution in [0.25, 0.3) is 16.6 Å². The van der Waals surface area contributed by atoms with E-state index in [4.69, 9.17) is 4.98 Å². The van der Waals surface area contributed by atoms with E-state index < -0.39 is 5.25 Å². The summed E-state index contributed by atoms with van der Waals surface area (Å²) in [5.41, 5.74) is 5.32. The van der Waals surface area contributed by atoms with Gasteiger partial charge in [-0.2, -0.15) is 0 Å². The van der Waals surface area contributed by atoms with Gasteiger partial charge in [0, 0.05) is 5.69 Å². The molecule has 0 saturated heterocycles. The second-order valence-electron chi connectivity index (χ2n) is 7.94. The Hall–Kier alpha value is -3.38. The molecule has 3 aromatic carbocycles. The van der Waals surface area contributed by atoms with Crippen molar-refractivity contribution in [2.24, 2.45) is 0 Å². The number of fused-ring (bicyclic) bond motifs is 1. The average Bonchev–Trinajstić information content (AvgIpc) is 2.77. The second kappa shape index (κ2) is 9.01. The molecular formula is C26H25N3O2S. The smallest absolute Gasteiger partial charge is 0.266 e. The SMILES string of the molecule is Cc1ccc(NC(=O)C(C)Sc2nc3ccccc3c(=O)n2-c2ccc(C)c(C)c2)cc1. The third-order valence-corrected chi connectivity index (χ3v) is 6.52. The molecule has 0 saturated carbocycles. The summed E-state index contributed by atoms with van der Waals surface area (Å²) in [4.78, 5) is 31.0. The van der Waals surface area contributed by atoms with Crippen molar-refractivity contribution in [2.75, 3.05) is 5.32 Å². The van der Waals surface area contributed by atoms with E-state index in [1.165, 1.54) is 11.8 Å². The fraction of sp³-hybridized carbons (Fsp3) is 0.192. The topological polar surface area (TPSA) is 64.0 Å². The monoisotopic (exact) mass is 443 g/mol. The van der Waals surface area contributed by atoms with Crippen LogP contribution in [-0.2, 0) is 4.79 Å². The number of carbonyl (C=O) groups excluding carboxylic acids is 1. The Labute approximate surface area is 191 Å².